The highest BCUT2D eigenvalue weighted by atomic mass is 16.5. The van der Waals surface area contributed by atoms with Crippen LogP contribution in [0.3, 0.4) is 0 Å². The summed E-state index contributed by atoms with van der Waals surface area (Å²) >= 11 is 0. The number of nitrogens with one attached hydrogen (secondary N) is 1. The van der Waals surface area contributed by atoms with Crippen LogP contribution in [-0.4, -0.2) is 50.3 Å². The van der Waals surface area contributed by atoms with Gasteiger partial charge in [-0.2, -0.15) is 0 Å². The Bertz CT molecular complexity index is 170. The molecule has 0 saturated carbocycles. The van der Waals surface area contributed by atoms with E-state index in [1.54, 1.807) is 0 Å². The molecule has 0 bridgehead atoms. The summed E-state index contributed by atoms with van der Waals surface area (Å²) in [6.45, 7) is 11.2. The number of rotatable bonds is 10. The molecule has 1 aliphatic rings. The van der Waals surface area contributed by atoms with Gasteiger partial charge in [-0.3, -0.25) is 0 Å². The van der Waals surface area contributed by atoms with Gasteiger partial charge < -0.3 is 15.0 Å². The van der Waals surface area contributed by atoms with Crippen molar-refractivity contribution in [2.24, 2.45) is 0 Å². The lowest BCUT2D eigenvalue weighted by Crippen LogP contribution is -2.32. The molecule has 1 aliphatic heterocycles. The molecule has 0 spiro atoms. The van der Waals surface area contributed by atoms with Crippen molar-refractivity contribution in [3.63, 3.8) is 0 Å². The van der Waals surface area contributed by atoms with Crippen LogP contribution in [0.15, 0.2) is 0 Å². The molecule has 0 radical (unpaired) electrons. The Balaban J connectivity index is 1.97. The Hall–Kier alpha value is -0.120. The molecule has 0 aromatic carbocycles. The lowest BCUT2D eigenvalue weighted by molar-refractivity contribution is 0.0742. The fourth-order valence-electron chi connectivity index (χ4n) is 2.39. The first-order valence-electron chi connectivity index (χ1n) is 7.41. The lowest BCUT2D eigenvalue weighted by atomic mass is 10.2. The van der Waals surface area contributed by atoms with Crippen LogP contribution >= 0.6 is 0 Å². The molecule has 1 N–H and O–H groups in total. The topological polar surface area (TPSA) is 24.5 Å². The average molecular weight is 242 g/mol. The second-order valence-electron chi connectivity index (χ2n) is 4.94. The number of ether oxygens (including phenoxy) is 1. The molecule has 3 heteroatoms. The third kappa shape index (κ3) is 7.02. The second kappa shape index (κ2) is 9.86. The van der Waals surface area contributed by atoms with Gasteiger partial charge in [-0.15, -0.1) is 0 Å². The molecular weight excluding hydrogens is 212 g/mol. The van der Waals surface area contributed by atoms with Gasteiger partial charge in [0.25, 0.3) is 0 Å². The van der Waals surface area contributed by atoms with Gasteiger partial charge in [-0.25, -0.2) is 0 Å². The fourth-order valence-corrected chi connectivity index (χ4v) is 2.39. The van der Waals surface area contributed by atoms with E-state index in [-0.39, 0.29) is 0 Å². The van der Waals surface area contributed by atoms with Gasteiger partial charge in [0.2, 0.25) is 0 Å². The molecule has 1 rings (SSSR count). The molecule has 1 atom stereocenters. The zero-order valence-electron chi connectivity index (χ0n) is 11.7. The van der Waals surface area contributed by atoms with Crippen LogP contribution < -0.4 is 5.32 Å². The highest BCUT2D eigenvalue weighted by Gasteiger charge is 2.17. The van der Waals surface area contributed by atoms with Crippen molar-refractivity contribution >= 4 is 0 Å². The van der Waals surface area contributed by atoms with E-state index in [1.807, 2.05) is 0 Å². The summed E-state index contributed by atoms with van der Waals surface area (Å²) in [6, 6.07) is 0. The third-order valence-electron chi connectivity index (χ3n) is 3.51. The van der Waals surface area contributed by atoms with Gasteiger partial charge >= 0.3 is 0 Å². The quantitative estimate of drug-likeness (QED) is 0.595. The molecule has 1 fully saturated rings. The molecule has 3 nitrogen and oxygen atoms in total. The molecule has 17 heavy (non-hydrogen) atoms. The Morgan fingerprint density at radius 1 is 1.24 bits per heavy atom. The minimum absolute atomic E-state index is 0.511. The van der Waals surface area contributed by atoms with Gasteiger partial charge in [-0.1, -0.05) is 20.3 Å². The maximum Gasteiger partial charge on any atom is 0.0702 e. The van der Waals surface area contributed by atoms with Crippen LogP contribution in [0.5, 0.6) is 0 Å². The van der Waals surface area contributed by atoms with Crippen molar-refractivity contribution in [2.75, 3.05) is 39.3 Å². The van der Waals surface area contributed by atoms with Crippen molar-refractivity contribution in [3.05, 3.63) is 0 Å². The molecule has 0 aromatic heterocycles. The zero-order chi connectivity index (χ0) is 12.3. The normalized spacial score (nSPS) is 20.3. The SMILES string of the molecule is CCNCCCCCN(CC)CC1CCCO1. The molecule has 102 valence electrons. The maximum absolute atomic E-state index is 5.69. The summed E-state index contributed by atoms with van der Waals surface area (Å²) in [4.78, 5) is 2.54. The van der Waals surface area contributed by atoms with Crippen molar-refractivity contribution in [1.82, 2.24) is 10.2 Å². The van der Waals surface area contributed by atoms with Gasteiger partial charge in [-0.05, 0) is 51.9 Å². The van der Waals surface area contributed by atoms with Crippen LogP contribution in [-0.2, 0) is 4.74 Å². The molecule has 0 aromatic rings. The van der Waals surface area contributed by atoms with Gasteiger partial charge in [0.1, 0.15) is 0 Å². The molecule has 1 unspecified atom stereocenters. The monoisotopic (exact) mass is 242 g/mol. The third-order valence-corrected chi connectivity index (χ3v) is 3.51. The minimum atomic E-state index is 0.511. The predicted octanol–water partition coefficient (Wildman–Crippen LogP) is 2.27. The van der Waals surface area contributed by atoms with E-state index < -0.39 is 0 Å². The minimum Gasteiger partial charge on any atom is -0.377 e. The Morgan fingerprint density at radius 3 is 2.76 bits per heavy atom. The summed E-state index contributed by atoms with van der Waals surface area (Å²) in [5, 5.41) is 3.38. The standard InChI is InChI=1S/C14H30N2O/c1-3-15-10-6-5-7-11-16(4-2)13-14-9-8-12-17-14/h14-15H,3-13H2,1-2H3. The molecular formula is C14H30N2O. The number of nitrogens with zero attached hydrogens (tertiary/aromatic N) is 1. The predicted molar refractivity (Wildman–Crippen MR) is 73.5 cm³/mol. The van der Waals surface area contributed by atoms with Gasteiger partial charge in [0.05, 0.1) is 6.10 Å². The first kappa shape index (κ1) is 14.9. The fraction of sp³-hybridized carbons (Fsp3) is 1.00. The number of hydrogen-bond donors (Lipinski definition) is 1. The highest BCUT2D eigenvalue weighted by molar-refractivity contribution is 4.69. The largest absolute Gasteiger partial charge is 0.377 e. The van der Waals surface area contributed by atoms with E-state index in [0.29, 0.717) is 6.10 Å². The first-order chi connectivity index (χ1) is 8.36. The summed E-state index contributed by atoms with van der Waals surface area (Å²) in [7, 11) is 0. The smallest absolute Gasteiger partial charge is 0.0702 e. The Kier molecular flexibility index (Phi) is 8.67. The second-order valence-corrected chi connectivity index (χ2v) is 4.94. The van der Waals surface area contributed by atoms with E-state index in [4.69, 9.17) is 4.74 Å². The van der Waals surface area contributed by atoms with E-state index in [2.05, 4.69) is 24.1 Å². The van der Waals surface area contributed by atoms with Crippen LogP contribution in [0.25, 0.3) is 0 Å². The summed E-state index contributed by atoms with van der Waals surface area (Å²) < 4.78 is 5.69. The average Bonchev–Trinajstić information content (AvgIpc) is 2.85. The molecule has 0 amide bonds. The van der Waals surface area contributed by atoms with Crippen LogP contribution in [0.1, 0.15) is 46.0 Å². The number of unbranched alkanes of at least 4 members (excludes halogenated alkanes) is 2. The highest BCUT2D eigenvalue weighted by Crippen LogP contribution is 2.13. The Morgan fingerprint density at radius 2 is 2.12 bits per heavy atom. The van der Waals surface area contributed by atoms with Crippen molar-refractivity contribution < 1.29 is 4.74 Å². The van der Waals surface area contributed by atoms with Crippen LogP contribution in [0.4, 0.5) is 0 Å². The maximum atomic E-state index is 5.69. The summed E-state index contributed by atoms with van der Waals surface area (Å²) in [5.74, 6) is 0. The van der Waals surface area contributed by atoms with Crippen molar-refractivity contribution in [1.29, 1.82) is 0 Å². The number of hydrogen-bond acceptors (Lipinski definition) is 3. The van der Waals surface area contributed by atoms with Crippen molar-refractivity contribution in [3.8, 4) is 0 Å². The molecule has 1 saturated heterocycles. The van der Waals surface area contributed by atoms with E-state index in [9.17, 15) is 0 Å². The lowest BCUT2D eigenvalue weighted by Gasteiger charge is -2.23. The van der Waals surface area contributed by atoms with Crippen LogP contribution in [0.2, 0.25) is 0 Å². The summed E-state index contributed by atoms with van der Waals surface area (Å²) in [6.07, 6.45) is 7.01. The van der Waals surface area contributed by atoms with E-state index >= 15 is 0 Å². The van der Waals surface area contributed by atoms with Gasteiger partial charge in [0.15, 0.2) is 0 Å². The zero-order valence-corrected chi connectivity index (χ0v) is 11.7. The van der Waals surface area contributed by atoms with Crippen LogP contribution in [0, 0.1) is 0 Å². The van der Waals surface area contributed by atoms with Crippen molar-refractivity contribution in [2.45, 2.75) is 52.1 Å². The van der Waals surface area contributed by atoms with E-state index in [1.165, 1.54) is 45.2 Å². The Labute approximate surface area is 107 Å². The van der Waals surface area contributed by atoms with E-state index in [0.717, 1.165) is 26.2 Å². The van der Waals surface area contributed by atoms with Gasteiger partial charge in [0, 0.05) is 13.2 Å². The molecule has 1 heterocycles. The molecule has 0 aliphatic carbocycles. The first-order valence-corrected chi connectivity index (χ1v) is 7.41. The summed E-state index contributed by atoms with van der Waals surface area (Å²) in [5.41, 5.74) is 0. The number of likely N-dealkylation sites (N-methyl/N-ethyl adjacent to an activating group) is 1.